The predicted octanol–water partition coefficient (Wildman–Crippen LogP) is 3.91. The van der Waals surface area contributed by atoms with E-state index in [0.29, 0.717) is 5.75 Å². The van der Waals surface area contributed by atoms with Crippen molar-refractivity contribution in [2.24, 2.45) is 0 Å². The highest BCUT2D eigenvalue weighted by Gasteiger charge is 2.01. The van der Waals surface area contributed by atoms with Gasteiger partial charge < -0.3 is 4.74 Å². The summed E-state index contributed by atoms with van der Waals surface area (Å²) in [5.74, 6) is 2.41. The first kappa shape index (κ1) is 10.1. The van der Waals surface area contributed by atoms with Crippen LogP contribution in [0.15, 0.2) is 54.6 Å². The Morgan fingerprint density at radius 3 is 2.27 bits per heavy atom. The highest BCUT2D eigenvalue weighted by atomic mass is 32.1. The van der Waals surface area contributed by atoms with E-state index in [1.807, 2.05) is 54.6 Å². The Kier molecular flexibility index (Phi) is 3.30. The molecule has 0 aliphatic rings. The Morgan fingerprint density at radius 1 is 0.867 bits per heavy atom. The van der Waals surface area contributed by atoms with Gasteiger partial charge in [-0.3, -0.25) is 0 Å². The number of benzene rings is 2. The summed E-state index contributed by atoms with van der Waals surface area (Å²) in [7, 11) is 0. The number of ether oxygens (including phenoxy) is 1. The standard InChI is InChI=1S/C13H12OS/c15-10-11-6-4-5-9-13(11)14-12-7-2-1-3-8-12/h1-9,15H,10H2. The number of hydrogen-bond donors (Lipinski definition) is 1. The zero-order valence-corrected chi connectivity index (χ0v) is 9.15. The van der Waals surface area contributed by atoms with E-state index in [0.717, 1.165) is 17.1 Å². The summed E-state index contributed by atoms with van der Waals surface area (Å²) in [5.41, 5.74) is 1.10. The van der Waals surface area contributed by atoms with E-state index in [2.05, 4.69) is 12.6 Å². The lowest BCUT2D eigenvalue weighted by Gasteiger charge is -2.08. The minimum Gasteiger partial charge on any atom is -0.457 e. The van der Waals surface area contributed by atoms with Crippen LogP contribution in [0.1, 0.15) is 5.56 Å². The van der Waals surface area contributed by atoms with E-state index < -0.39 is 0 Å². The fourth-order valence-electron chi connectivity index (χ4n) is 1.35. The van der Waals surface area contributed by atoms with E-state index in [1.54, 1.807) is 0 Å². The molecule has 0 bridgehead atoms. The lowest BCUT2D eigenvalue weighted by atomic mass is 10.2. The Hall–Kier alpha value is -1.41. The fraction of sp³-hybridized carbons (Fsp3) is 0.0769. The number of para-hydroxylation sites is 2. The van der Waals surface area contributed by atoms with Crippen LogP contribution in [0.4, 0.5) is 0 Å². The van der Waals surface area contributed by atoms with E-state index in [1.165, 1.54) is 0 Å². The molecule has 76 valence electrons. The van der Waals surface area contributed by atoms with Gasteiger partial charge in [0, 0.05) is 11.3 Å². The first-order valence-electron chi connectivity index (χ1n) is 4.82. The maximum absolute atomic E-state index is 5.75. The predicted molar refractivity (Wildman–Crippen MR) is 65.6 cm³/mol. The summed E-state index contributed by atoms with van der Waals surface area (Å²) in [6.07, 6.45) is 0. The summed E-state index contributed by atoms with van der Waals surface area (Å²) in [5, 5.41) is 0. The smallest absolute Gasteiger partial charge is 0.131 e. The Bertz CT molecular complexity index is 426. The zero-order chi connectivity index (χ0) is 10.5. The van der Waals surface area contributed by atoms with Crippen LogP contribution < -0.4 is 4.74 Å². The number of thiol groups is 1. The zero-order valence-electron chi connectivity index (χ0n) is 8.26. The van der Waals surface area contributed by atoms with Gasteiger partial charge in [-0.05, 0) is 18.2 Å². The SMILES string of the molecule is SCc1ccccc1Oc1ccccc1. The second kappa shape index (κ2) is 4.89. The molecule has 0 fully saturated rings. The van der Waals surface area contributed by atoms with Gasteiger partial charge in [0.2, 0.25) is 0 Å². The van der Waals surface area contributed by atoms with Crippen molar-refractivity contribution >= 4 is 12.6 Å². The van der Waals surface area contributed by atoms with Gasteiger partial charge in [0.05, 0.1) is 0 Å². The van der Waals surface area contributed by atoms with Gasteiger partial charge in [-0.15, -0.1) is 0 Å². The molecule has 15 heavy (non-hydrogen) atoms. The minimum absolute atomic E-state index is 0.684. The molecule has 0 saturated heterocycles. The maximum Gasteiger partial charge on any atom is 0.131 e. The van der Waals surface area contributed by atoms with Gasteiger partial charge in [0.1, 0.15) is 11.5 Å². The Morgan fingerprint density at radius 2 is 1.53 bits per heavy atom. The summed E-state index contributed by atoms with van der Waals surface area (Å²) in [6.45, 7) is 0. The molecule has 0 aliphatic carbocycles. The van der Waals surface area contributed by atoms with E-state index in [9.17, 15) is 0 Å². The molecule has 0 aromatic heterocycles. The van der Waals surface area contributed by atoms with Crippen LogP contribution in [-0.4, -0.2) is 0 Å². The molecule has 0 saturated carbocycles. The van der Waals surface area contributed by atoms with Gasteiger partial charge in [-0.2, -0.15) is 12.6 Å². The molecule has 0 N–H and O–H groups in total. The summed E-state index contributed by atoms with van der Waals surface area (Å²) >= 11 is 4.27. The molecule has 0 amide bonds. The van der Waals surface area contributed by atoms with Crippen molar-refractivity contribution in [2.45, 2.75) is 5.75 Å². The molecule has 0 radical (unpaired) electrons. The van der Waals surface area contributed by atoms with Crippen LogP contribution in [0.2, 0.25) is 0 Å². The number of rotatable bonds is 3. The lowest BCUT2D eigenvalue weighted by molar-refractivity contribution is 0.478. The van der Waals surface area contributed by atoms with Gasteiger partial charge >= 0.3 is 0 Å². The average Bonchev–Trinajstić information content (AvgIpc) is 2.31. The minimum atomic E-state index is 0.684. The summed E-state index contributed by atoms with van der Waals surface area (Å²) in [6, 6.07) is 17.7. The largest absolute Gasteiger partial charge is 0.457 e. The molecular formula is C13H12OS. The monoisotopic (exact) mass is 216 g/mol. The molecular weight excluding hydrogens is 204 g/mol. The van der Waals surface area contributed by atoms with Gasteiger partial charge in [0.15, 0.2) is 0 Å². The highest BCUT2D eigenvalue weighted by Crippen LogP contribution is 2.25. The van der Waals surface area contributed by atoms with Gasteiger partial charge in [-0.1, -0.05) is 36.4 Å². The van der Waals surface area contributed by atoms with Crippen molar-refractivity contribution in [3.8, 4) is 11.5 Å². The van der Waals surface area contributed by atoms with Crippen molar-refractivity contribution in [3.63, 3.8) is 0 Å². The second-order valence-corrected chi connectivity index (χ2v) is 3.50. The molecule has 0 spiro atoms. The van der Waals surface area contributed by atoms with Crippen molar-refractivity contribution in [3.05, 3.63) is 60.2 Å². The topological polar surface area (TPSA) is 9.23 Å². The molecule has 2 heteroatoms. The number of hydrogen-bond acceptors (Lipinski definition) is 2. The first-order valence-corrected chi connectivity index (χ1v) is 5.45. The van der Waals surface area contributed by atoms with Crippen LogP contribution >= 0.6 is 12.6 Å². The van der Waals surface area contributed by atoms with Crippen LogP contribution in [0, 0.1) is 0 Å². The second-order valence-electron chi connectivity index (χ2n) is 3.18. The molecule has 2 rings (SSSR count). The average molecular weight is 216 g/mol. The van der Waals surface area contributed by atoms with Gasteiger partial charge in [0.25, 0.3) is 0 Å². The molecule has 1 nitrogen and oxygen atoms in total. The molecule has 2 aromatic rings. The van der Waals surface area contributed by atoms with Crippen LogP contribution in [0.3, 0.4) is 0 Å². The van der Waals surface area contributed by atoms with E-state index in [-0.39, 0.29) is 0 Å². The molecule has 2 aromatic carbocycles. The molecule has 0 unspecified atom stereocenters. The third kappa shape index (κ3) is 2.54. The first-order chi connectivity index (χ1) is 7.40. The van der Waals surface area contributed by atoms with Crippen LogP contribution in [0.25, 0.3) is 0 Å². The Balaban J connectivity index is 2.24. The van der Waals surface area contributed by atoms with Crippen molar-refractivity contribution < 1.29 is 4.74 Å². The van der Waals surface area contributed by atoms with Crippen molar-refractivity contribution in [1.29, 1.82) is 0 Å². The summed E-state index contributed by atoms with van der Waals surface area (Å²) in [4.78, 5) is 0. The highest BCUT2D eigenvalue weighted by molar-refractivity contribution is 7.79. The van der Waals surface area contributed by atoms with Crippen molar-refractivity contribution in [1.82, 2.24) is 0 Å². The Labute approximate surface area is 95.1 Å². The molecule has 0 aliphatic heterocycles. The normalized spacial score (nSPS) is 9.93. The third-order valence-corrected chi connectivity index (χ3v) is 2.45. The van der Waals surface area contributed by atoms with E-state index in [4.69, 9.17) is 4.74 Å². The van der Waals surface area contributed by atoms with Gasteiger partial charge in [-0.25, -0.2) is 0 Å². The lowest BCUT2D eigenvalue weighted by Crippen LogP contribution is -1.88. The fourth-order valence-corrected chi connectivity index (χ4v) is 1.61. The van der Waals surface area contributed by atoms with Crippen LogP contribution in [-0.2, 0) is 5.75 Å². The van der Waals surface area contributed by atoms with E-state index >= 15 is 0 Å². The van der Waals surface area contributed by atoms with Crippen molar-refractivity contribution in [2.75, 3.05) is 0 Å². The third-order valence-electron chi connectivity index (χ3n) is 2.11. The maximum atomic E-state index is 5.75. The quantitative estimate of drug-likeness (QED) is 0.765. The molecule has 0 heterocycles. The molecule has 0 atom stereocenters. The van der Waals surface area contributed by atoms with Crippen LogP contribution in [0.5, 0.6) is 11.5 Å². The summed E-state index contributed by atoms with van der Waals surface area (Å²) < 4.78 is 5.75.